The first-order valence-corrected chi connectivity index (χ1v) is 8.85. The normalized spacial score (nSPS) is 13.7. The van der Waals surface area contributed by atoms with Gasteiger partial charge in [0.15, 0.2) is 11.5 Å². The Labute approximate surface area is 157 Å². The van der Waals surface area contributed by atoms with Crippen molar-refractivity contribution in [2.75, 3.05) is 19.2 Å². The maximum Gasteiger partial charge on any atom is 0.241 e. The van der Waals surface area contributed by atoms with Gasteiger partial charge in [-0.2, -0.15) is 0 Å². The minimum absolute atomic E-state index is 0.0606. The molecule has 1 amide bonds. The summed E-state index contributed by atoms with van der Waals surface area (Å²) < 4.78 is 10.8. The van der Waals surface area contributed by atoms with Crippen molar-refractivity contribution in [3.63, 3.8) is 0 Å². The van der Waals surface area contributed by atoms with Crippen LogP contribution in [0, 0.1) is 0 Å². The Bertz CT molecular complexity index is 984. The average Bonchev–Trinajstić information content (AvgIpc) is 3.15. The Hall–Kier alpha value is -3.12. The van der Waals surface area contributed by atoms with Crippen LogP contribution in [0.2, 0.25) is 0 Å². The van der Waals surface area contributed by atoms with Crippen molar-refractivity contribution in [3.05, 3.63) is 60.3 Å². The maximum atomic E-state index is 12.8. The molecular formula is C21H21N3O3. The van der Waals surface area contributed by atoms with Crippen LogP contribution in [0.3, 0.4) is 0 Å². The Kier molecular flexibility index (Phi) is 4.64. The predicted molar refractivity (Wildman–Crippen MR) is 104 cm³/mol. The second-order valence-corrected chi connectivity index (χ2v) is 6.64. The van der Waals surface area contributed by atoms with Gasteiger partial charge in [0.1, 0.15) is 0 Å². The number of pyridine rings is 1. The van der Waals surface area contributed by atoms with Crippen molar-refractivity contribution in [2.24, 2.45) is 0 Å². The fraction of sp³-hybridized carbons (Fsp3) is 0.238. The van der Waals surface area contributed by atoms with Crippen LogP contribution < -0.4 is 14.8 Å². The van der Waals surface area contributed by atoms with Gasteiger partial charge in [-0.05, 0) is 55.9 Å². The van der Waals surface area contributed by atoms with Crippen LogP contribution in [0.15, 0.2) is 54.7 Å². The van der Waals surface area contributed by atoms with Gasteiger partial charge in [0, 0.05) is 18.1 Å². The zero-order valence-corrected chi connectivity index (χ0v) is 15.3. The first kappa shape index (κ1) is 17.3. The molecule has 1 aliphatic heterocycles. The van der Waals surface area contributed by atoms with Crippen LogP contribution in [-0.4, -0.2) is 35.7 Å². The lowest BCUT2D eigenvalue weighted by atomic mass is 10.1. The molecule has 0 saturated carbocycles. The fourth-order valence-corrected chi connectivity index (χ4v) is 3.11. The molecule has 6 heteroatoms. The lowest BCUT2D eigenvalue weighted by Gasteiger charge is -2.24. The van der Waals surface area contributed by atoms with Crippen molar-refractivity contribution < 1.29 is 14.3 Å². The van der Waals surface area contributed by atoms with Gasteiger partial charge in [0.05, 0.1) is 17.2 Å². The molecule has 3 aromatic rings. The van der Waals surface area contributed by atoms with Crippen LogP contribution in [0.5, 0.6) is 11.5 Å². The number of anilines is 1. The second kappa shape index (κ2) is 7.25. The first-order valence-electron chi connectivity index (χ1n) is 8.85. The Morgan fingerprint density at radius 2 is 2.04 bits per heavy atom. The molecule has 0 aliphatic carbocycles. The summed E-state index contributed by atoms with van der Waals surface area (Å²) in [4.78, 5) is 19.1. The van der Waals surface area contributed by atoms with E-state index in [4.69, 9.17) is 9.47 Å². The van der Waals surface area contributed by atoms with E-state index in [2.05, 4.69) is 10.3 Å². The smallest absolute Gasteiger partial charge is 0.241 e. The minimum Gasteiger partial charge on any atom is -0.454 e. The molecule has 1 aliphatic rings. The highest BCUT2D eigenvalue weighted by molar-refractivity contribution is 6.02. The van der Waals surface area contributed by atoms with E-state index in [0.29, 0.717) is 6.54 Å². The number of likely N-dealkylation sites (N-methyl/N-ethyl adjacent to an activating group) is 1. The lowest BCUT2D eigenvalue weighted by molar-refractivity contribution is -0.120. The SMILES string of the molecule is CC(C(=O)Nc1cccc2ncccc12)N(C)Cc1ccc2c(c1)OCO2. The summed E-state index contributed by atoms with van der Waals surface area (Å²) in [6.45, 7) is 2.78. The van der Waals surface area contributed by atoms with Gasteiger partial charge in [-0.25, -0.2) is 0 Å². The monoisotopic (exact) mass is 363 g/mol. The highest BCUT2D eigenvalue weighted by Gasteiger charge is 2.20. The molecule has 2 aromatic carbocycles. The quantitative estimate of drug-likeness (QED) is 0.752. The molecule has 1 unspecified atom stereocenters. The van der Waals surface area contributed by atoms with E-state index >= 15 is 0 Å². The molecule has 1 aromatic heterocycles. The van der Waals surface area contributed by atoms with E-state index in [1.807, 2.05) is 67.4 Å². The molecule has 27 heavy (non-hydrogen) atoms. The molecule has 4 rings (SSSR count). The van der Waals surface area contributed by atoms with E-state index in [-0.39, 0.29) is 18.7 Å². The molecule has 0 spiro atoms. The molecule has 1 N–H and O–H groups in total. The van der Waals surface area contributed by atoms with Gasteiger partial charge >= 0.3 is 0 Å². The van der Waals surface area contributed by atoms with Gasteiger partial charge < -0.3 is 14.8 Å². The number of carbonyl (C=O) groups excluding carboxylic acids is 1. The van der Waals surface area contributed by atoms with Crippen molar-refractivity contribution in [2.45, 2.75) is 19.5 Å². The molecule has 2 heterocycles. The van der Waals surface area contributed by atoms with Gasteiger partial charge in [-0.3, -0.25) is 14.7 Å². The highest BCUT2D eigenvalue weighted by atomic mass is 16.7. The van der Waals surface area contributed by atoms with Crippen LogP contribution in [-0.2, 0) is 11.3 Å². The summed E-state index contributed by atoms with van der Waals surface area (Å²) in [5, 5.41) is 3.96. The molecule has 0 bridgehead atoms. The Morgan fingerprint density at radius 3 is 2.93 bits per heavy atom. The van der Waals surface area contributed by atoms with Gasteiger partial charge in [0.25, 0.3) is 0 Å². The number of carbonyl (C=O) groups is 1. The van der Waals surface area contributed by atoms with E-state index in [9.17, 15) is 4.79 Å². The number of benzene rings is 2. The largest absolute Gasteiger partial charge is 0.454 e. The summed E-state index contributed by atoms with van der Waals surface area (Å²) in [6.07, 6.45) is 1.75. The van der Waals surface area contributed by atoms with Gasteiger partial charge in [-0.15, -0.1) is 0 Å². The third-order valence-corrected chi connectivity index (χ3v) is 4.81. The fourth-order valence-electron chi connectivity index (χ4n) is 3.11. The maximum absolute atomic E-state index is 12.8. The van der Waals surface area contributed by atoms with Crippen molar-refractivity contribution >= 4 is 22.5 Å². The third-order valence-electron chi connectivity index (χ3n) is 4.81. The zero-order chi connectivity index (χ0) is 18.8. The predicted octanol–water partition coefficient (Wildman–Crippen LogP) is 3.42. The van der Waals surface area contributed by atoms with Crippen molar-refractivity contribution in [1.82, 2.24) is 9.88 Å². The Morgan fingerprint density at radius 1 is 1.19 bits per heavy atom. The molecule has 0 fully saturated rings. The third kappa shape index (κ3) is 3.57. The van der Waals surface area contributed by atoms with Crippen LogP contribution in [0.4, 0.5) is 5.69 Å². The average molecular weight is 363 g/mol. The Balaban J connectivity index is 1.45. The van der Waals surface area contributed by atoms with Crippen LogP contribution in [0.25, 0.3) is 10.9 Å². The van der Waals surface area contributed by atoms with Crippen LogP contribution in [0.1, 0.15) is 12.5 Å². The molecule has 138 valence electrons. The molecule has 0 saturated heterocycles. The number of aromatic nitrogens is 1. The summed E-state index contributed by atoms with van der Waals surface area (Å²) in [5.74, 6) is 1.45. The minimum atomic E-state index is -0.303. The summed E-state index contributed by atoms with van der Waals surface area (Å²) in [7, 11) is 1.93. The number of nitrogens with zero attached hydrogens (tertiary/aromatic N) is 2. The van der Waals surface area contributed by atoms with E-state index in [1.165, 1.54) is 0 Å². The number of ether oxygens (including phenoxy) is 2. The van der Waals surface area contributed by atoms with Crippen molar-refractivity contribution in [1.29, 1.82) is 0 Å². The van der Waals surface area contributed by atoms with Crippen LogP contribution >= 0.6 is 0 Å². The number of rotatable bonds is 5. The van der Waals surface area contributed by atoms with E-state index in [1.54, 1.807) is 6.20 Å². The number of fused-ring (bicyclic) bond motifs is 2. The summed E-state index contributed by atoms with van der Waals surface area (Å²) in [6, 6.07) is 15.1. The highest BCUT2D eigenvalue weighted by Crippen LogP contribution is 2.32. The zero-order valence-electron chi connectivity index (χ0n) is 15.3. The lowest BCUT2D eigenvalue weighted by Crippen LogP contribution is -2.39. The van der Waals surface area contributed by atoms with Crippen molar-refractivity contribution in [3.8, 4) is 11.5 Å². The van der Waals surface area contributed by atoms with Gasteiger partial charge in [-0.1, -0.05) is 12.1 Å². The molecular weight excluding hydrogens is 342 g/mol. The number of hydrogen-bond acceptors (Lipinski definition) is 5. The molecule has 6 nitrogen and oxygen atoms in total. The first-order chi connectivity index (χ1) is 13.1. The number of nitrogens with one attached hydrogen (secondary N) is 1. The van der Waals surface area contributed by atoms with Gasteiger partial charge in [0.2, 0.25) is 12.7 Å². The summed E-state index contributed by atoms with van der Waals surface area (Å²) in [5.41, 5.74) is 2.70. The summed E-state index contributed by atoms with van der Waals surface area (Å²) >= 11 is 0. The number of amides is 1. The molecule has 0 radical (unpaired) electrons. The van der Waals surface area contributed by atoms with E-state index < -0.39 is 0 Å². The standard InChI is InChI=1S/C21H21N3O3/c1-14(24(2)12-15-8-9-19-20(11-15)27-13-26-19)21(25)23-18-7-3-6-17-16(18)5-4-10-22-17/h3-11,14H,12-13H2,1-2H3,(H,23,25). The topological polar surface area (TPSA) is 63.7 Å². The second-order valence-electron chi connectivity index (χ2n) is 6.64. The number of hydrogen-bond donors (Lipinski definition) is 1. The van der Waals surface area contributed by atoms with E-state index in [0.717, 1.165) is 33.7 Å². The molecule has 1 atom stereocenters.